The summed E-state index contributed by atoms with van der Waals surface area (Å²) in [6, 6.07) is 0.160. The van der Waals surface area contributed by atoms with Gasteiger partial charge in [-0.1, -0.05) is 0 Å². The first-order valence-corrected chi connectivity index (χ1v) is 5.75. The Morgan fingerprint density at radius 1 is 1.64 bits per heavy atom. The average molecular weight is 216 g/mol. The Morgan fingerprint density at radius 2 is 2.29 bits per heavy atom. The number of carbonyl (C=O) groups excluding carboxylic acids is 2. The highest BCUT2D eigenvalue weighted by Crippen LogP contribution is 2.24. The fourth-order valence-electron chi connectivity index (χ4n) is 1.25. The maximum absolute atomic E-state index is 11.4. The Labute approximate surface area is 88.2 Å². The normalized spacial score (nSPS) is 24.5. The standard InChI is InChI=1S/C9H16N2O2S/c1-6(10)3-4-14-7-5-8(12)11(2)9(7)13/h6-7H,3-5,10H2,1-2H3. The fraction of sp³-hybridized carbons (Fsp3) is 0.778. The highest BCUT2D eigenvalue weighted by molar-refractivity contribution is 8.00. The number of nitrogens with zero attached hydrogens (tertiary/aromatic N) is 1. The lowest BCUT2D eigenvalue weighted by Crippen LogP contribution is -2.27. The van der Waals surface area contributed by atoms with Crippen molar-refractivity contribution in [3.05, 3.63) is 0 Å². The van der Waals surface area contributed by atoms with Gasteiger partial charge in [-0.3, -0.25) is 14.5 Å². The number of likely N-dealkylation sites (tertiary alicyclic amines) is 1. The van der Waals surface area contributed by atoms with Crippen molar-refractivity contribution in [3.8, 4) is 0 Å². The minimum Gasteiger partial charge on any atom is -0.328 e. The van der Waals surface area contributed by atoms with Crippen molar-refractivity contribution in [2.45, 2.75) is 31.1 Å². The van der Waals surface area contributed by atoms with Gasteiger partial charge in [0.25, 0.3) is 0 Å². The van der Waals surface area contributed by atoms with Crippen LogP contribution in [0.25, 0.3) is 0 Å². The van der Waals surface area contributed by atoms with Crippen LogP contribution < -0.4 is 5.73 Å². The average Bonchev–Trinajstić information content (AvgIpc) is 2.33. The number of amides is 2. The predicted molar refractivity (Wildman–Crippen MR) is 56.9 cm³/mol. The van der Waals surface area contributed by atoms with Crippen molar-refractivity contribution in [2.75, 3.05) is 12.8 Å². The van der Waals surface area contributed by atoms with E-state index in [-0.39, 0.29) is 23.1 Å². The first-order chi connectivity index (χ1) is 6.52. The quantitative estimate of drug-likeness (QED) is 0.683. The van der Waals surface area contributed by atoms with Crippen LogP contribution in [0, 0.1) is 0 Å². The molecule has 0 aromatic heterocycles. The molecule has 80 valence electrons. The van der Waals surface area contributed by atoms with Crippen molar-refractivity contribution < 1.29 is 9.59 Å². The second-order valence-corrected chi connectivity index (χ2v) is 4.93. The van der Waals surface area contributed by atoms with Gasteiger partial charge in [0.05, 0.1) is 5.25 Å². The summed E-state index contributed by atoms with van der Waals surface area (Å²) >= 11 is 1.54. The van der Waals surface area contributed by atoms with E-state index in [2.05, 4.69) is 0 Å². The van der Waals surface area contributed by atoms with E-state index in [4.69, 9.17) is 5.73 Å². The van der Waals surface area contributed by atoms with Crippen LogP contribution in [0.5, 0.6) is 0 Å². The van der Waals surface area contributed by atoms with Gasteiger partial charge in [-0.2, -0.15) is 0 Å². The summed E-state index contributed by atoms with van der Waals surface area (Å²) in [5.74, 6) is 0.702. The smallest absolute Gasteiger partial charge is 0.242 e. The molecule has 2 N–H and O–H groups in total. The van der Waals surface area contributed by atoms with Gasteiger partial charge in [0, 0.05) is 19.5 Å². The molecule has 5 heteroatoms. The highest BCUT2D eigenvalue weighted by Gasteiger charge is 2.35. The van der Waals surface area contributed by atoms with Crippen molar-refractivity contribution in [3.63, 3.8) is 0 Å². The van der Waals surface area contributed by atoms with E-state index in [0.29, 0.717) is 6.42 Å². The van der Waals surface area contributed by atoms with Gasteiger partial charge in [-0.05, 0) is 19.1 Å². The van der Waals surface area contributed by atoms with Crippen molar-refractivity contribution >= 4 is 23.6 Å². The number of hydrogen-bond donors (Lipinski definition) is 1. The minimum atomic E-state index is -0.175. The Balaban J connectivity index is 2.33. The third-order valence-corrected chi connectivity index (χ3v) is 3.47. The van der Waals surface area contributed by atoms with Gasteiger partial charge in [-0.15, -0.1) is 11.8 Å². The van der Waals surface area contributed by atoms with E-state index in [0.717, 1.165) is 12.2 Å². The zero-order valence-electron chi connectivity index (χ0n) is 8.53. The van der Waals surface area contributed by atoms with Crippen LogP contribution in [0.15, 0.2) is 0 Å². The number of carbonyl (C=O) groups is 2. The number of hydrogen-bond acceptors (Lipinski definition) is 4. The molecule has 0 aromatic rings. The summed E-state index contributed by atoms with van der Waals surface area (Å²) in [6.07, 6.45) is 1.23. The third-order valence-electron chi connectivity index (χ3n) is 2.23. The molecule has 0 bridgehead atoms. The van der Waals surface area contributed by atoms with E-state index >= 15 is 0 Å². The lowest BCUT2D eigenvalue weighted by Gasteiger charge is -2.09. The second-order valence-electron chi connectivity index (χ2n) is 3.62. The maximum Gasteiger partial charge on any atom is 0.242 e. The SMILES string of the molecule is CC(N)CCSC1CC(=O)N(C)C1=O. The summed E-state index contributed by atoms with van der Waals surface area (Å²) in [7, 11) is 1.54. The number of thioether (sulfide) groups is 1. The van der Waals surface area contributed by atoms with Crippen molar-refractivity contribution in [1.29, 1.82) is 0 Å². The molecular formula is C9H16N2O2S. The number of imide groups is 1. The van der Waals surface area contributed by atoms with Crippen LogP contribution in [-0.4, -0.2) is 40.8 Å². The fourth-order valence-corrected chi connectivity index (χ4v) is 2.60. The van der Waals surface area contributed by atoms with Crippen LogP contribution in [-0.2, 0) is 9.59 Å². The molecule has 1 aliphatic heterocycles. The van der Waals surface area contributed by atoms with Gasteiger partial charge >= 0.3 is 0 Å². The Bertz CT molecular complexity index is 243. The lowest BCUT2D eigenvalue weighted by atomic mass is 10.3. The van der Waals surface area contributed by atoms with Gasteiger partial charge in [0.1, 0.15) is 0 Å². The molecule has 0 spiro atoms. The van der Waals surface area contributed by atoms with Gasteiger partial charge < -0.3 is 5.73 Å². The van der Waals surface area contributed by atoms with Gasteiger partial charge in [-0.25, -0.2) is 0 Å². The van der Waals surface area contributed by atoms with Crippen LogP contribution in [0.2, 0.25) is 0 Å². The van der Waals surface area contributed by atoms with Crippen LogP contribution in [0.1, 0.15) is 19.8 Å². The molecule has 1 saturated heterocycles. The molecule has 1 rings (SSSR count). The summed E-state index contributed by atoms with van der Waals surface area (Å²) in [6.45, 7) is 1.94. The molecule has 0 radical (unpaired) electrons. The van der Waals surface area contributed by atoms with E-state index in [1.807, 2.05) is 6.92 Å². The predicted octanol–water partition coefficient (Wildman–Crippen LogP) is 0.214. The molecular weight excluding hydrogens is 200 g/mol. The molecule has 2 atom stereocenters. The Morgan fingerprint density at radius 3 is 2.71 bits per heavy atom. The van der Waals surface area contributed by atoms with Crippen LogP contribution >= 0.6 is 11.8 Å². The third kappa shape index (κ3) is 2.72. The van der Waals surface area contributed by atoms with Crippen molar-refractivity contribution in [2.24, 2.45) is 5.73 Å². The summed E-state index contributed by atoms with van der Waals surface area (Å²) in [5.41, 5.74) is 5.59. The van der Waals surface area contributed by atoms with Crippen LogP contribution in [0.4, 0.5) is 0 Å². The van der Waals surface area contributed by atoms with Gasteiger partial charge in [0.15, 0.2) is 0 Å². The molecule has 14 heavy (non-hydrogen) atoms. The molecule has 1 heterocycles. The largest absolute Gasteiger partial charge is 0.328 e. The maximum atomic E-state index is 11.4. The molecule has 2 amide bonds. The van der Waals surface area contributed by atoms with Crippen molar-refractivity contribution in [1.82, 2.24) is 4.90 Å². The summed E-state index contributed by atoms with van der Waals surface area (Å²) in [4.78, 5) is 23.8. The molecule has 0 aliphatic carbocycles. The number of nitrogens with two attached hydrogens (primary N) is 1. The van der Waals surface area contributed by atoms with E-state index in [1.165, 1.54) is 23.7 Å². The molecule has 0 aromatic carbocycles. The topological polar surface area (TPSA) is 63.4 Å². The zero-order valence-corrected chi connectivity index (χ0v) is 9.34. The molecule has 2 unspecified atom stereocenters. The van der Waals surface area contributed by atoms with Gasteiger partial charge in [0.2, 0.25) is 11.8 Å². The molecule has 0 saturated carbocycles. The lowest BCUT2D eigenvalue weighted by molar-refractivity contribution is -0.136. The van der Waals surface area contributed by atoms with Crippen LogP contribution in [0.3, 0.4) is 0 Å². The highest BCUT2D eigenvalue weighted by atomic mass is 32.2. The van der Waals surface area contributed by atoms with E-state index in [1.54, 1.807) is 0 Å². The van der Waals surface area contributed by atoms with E-state index < -0.39 is 0 Å². The molecule has 1 aliphatic rings. The first-order valence-electron chi connectivity index (χ1n) is 4.70. The molecule has 4 nitrogen and oxygen atoms in total. The molecule has 1 fully saturated rings. The Hall–Kier alpha value is -0.550. The summed E-state index contributed by atoms with van der Waals surface area (Å²) in [5, 5.41) is -0.175. The van der Waals surface area contributed by atoms with E-state index in [9.17, 15) is 9.59 Å². The monoisotopic (exact) mass is 216 g/mol. The zero-order chi connectivity index (χ0) is 10.7. The number of rotatable bonds is 4. The second kappa shape index (κ2) is 4.79. The Kier molecular flexibility index (Phi) is 3.95. The summed E-state index contributed by atoms with van der Waals surface area (Å²) < 4.78 is 0. The first kappa shape index (κ1) is 11.5. The minimum absolute atomic E-state index is 0.0651.